The highest BCUT2D eigenvalue weighted by Gasteiger charge is 2.22. The van der Waals surface area contributed by atoms with Gasteiger partial charge in [0.25, 0.3) is 0 Å². The number of para-hydroxylation sites is 1. The lowest BCUT2D eigenvalue weighted by molar-refractivity contribution is 0.183. The molecule has 0 unspecified atom stereocenters. The van der Waals surface area contributed by atoms with Gasteiger partial charge in [0.15, 0.2) is 0 Å². The summed E-state index contributed by atoms with van der Waals surface area (Å²) in [6.07, 6.45) is 9.22. The van der Waals surface area contributed by atoms with E-state index < -0.39 is 6.09 Å². The van der Waals surface area contributed by atoms with Crippen LogP contribution in [0.4, 0.5) is 14.9 Å². The van der Waals surface area contributed by atoms with Crippen LogP contribution in [-0.4, -0.2) is 43.5 Å². The topological polar surface area (TPSA) is 105 Å². The van der Waals surface area contributed by atoms with Crippen LogP contribution in [0.2, 0.25) is 0 Å². The number of nitrogens with zero attached hydrogens (tertiary/aromatic N) is 4. The Kier molecular flexibility index (Phi) is 5.87. The maximum absolute atomic E-state index is 14.1. The van der Waals surface area contributed by atoms with Crippen molar-refractivity contribution in [3.8, 4) is 16.9 Å². The summed E-state index contributed by atoms with van der Waals surface area (Å²) in [4.78, 5) is 19.3. The minimum atomic E-state index is -0.960. The number of anilines is 1. The third-order valence-electron chi connectivity index (χ3n) is 5.42. The van der Waals surface area contributed by atoms with Gasteiger partial charge in [0.1, 0.15) is 17.8 Å². The largest absolute Gasteiger partial charge is 0.465 e. The van der Waals surface area contributed by atoms with E-state index in [-0.39, 0.29) is 11.9 Å². The van der Waals surface area contributed by atoms with E-state index in [0.29, 0.717) is 17.3 Å². The summed E-state index contributed by atoms with van der Waals surface area (Å²) in [5, 5.41) is 19.1. The number of hydrogen-bond donors (Lipinski definition) is 3. The molecule has 1 aromatic carbocycles. The summed E-state index contributed by atoms with van der Waals surface area (Å²) in [6.45, 7) is 0.752. The first-order valence-electron chi connectivity index (χ1n) is 9.93. The van der Waals surface area contributed by atoms with Gasteiger partial charge in [0.2, 0.25) is 0 Å². The smallest absolute Gasteiger partial charge is 0.404 e. The Labute approximate surface area is 173 Å². The zero-order valence-electron chi connectivity index (χ0n) is 16.3. The summed E-state index contributed by atoms with van der Waals surface area (Å²) in [6, 6.07) is 6.51. The predicted molar refractivity (Wildman–Crippen MR) is 110 cm³/mol. The van der Waals surface area contributed by atoms with Gasteiger partial charge in [-0.2, -0.15) is 5.10 Å². The fourth-order valence-corrected chi connectivity index (χ4v) is 3.84. The molecule has 0 radical (unpaired) electrons. The van der Waals surface area contributed by atoms with Gasteiger partial charge in [0.05, 0.1) is 23.8 Å². The quantitative estimate of drug-likeness (QED) is 0.572. The summed E-state index contributed by atoms with van der Waals surface area (Å²) in [5.74, 6) is 0.104. The van der Waals surface area contributed by atoms with E-state index in [1.807, 2.05) is 0 Å². The highest BCUT2D eigenvalue weighted by molar-refractivity contribution is 5.72. The van der Waals surface area contributed by atoms with Crippen LogP contribution in [-0.2, 0) is 0 Å². The number of rotatable bonds is 6. The number of carboxylic acid groups (broad SMARTS) is 1. The first kappa shape index (κ1) is 19.8. The first-order chi connectivity index (χ1) is 14.6. The number of nitrogens with one attached hydrogen (secondary N) is 2. The van der Waals surface area contributed by atoms with Crippen LogP contribution in [0.1, 0.15) is 25.7 Å². The number of carbonyl (C=O) groups is 1. The SMILES string of the molecule is O=C(O)N[C@H]1CC[C@@H](CNc2cncnc2-c2cnn(-c3ccccc3F)c2)CC1. The Bertz CT molecular complexity index is 1020. The molecule has 0 saturated heterocycles. The molecule has 0 atom stereocenters. The van der Waals surface area contributed by atoms with Gasteiger partial charge in [-0.1, -0.05) is 12.1 Å². The van der Waals surface area contributed by atoms with Crippen molar-refractivity contribution in [1.82, 2.24) is 25.1 Å². The van der Waals surface area contributed by atoms with Crippen LogP contribution >= 0.6 is 0 Å². The van der Waals surface area contributed by atoms with Crippen LogP contribution in [0.25, 0.3) is 16.9 Å². The van der Waals surface area contributed by atoms with Crippen molar-refractivity contribution < 1.29 is 14.3 Å². The fraction of sp³-hybridized carbons (Fsp3) is 0.333. The average molecular weight is 410 g/mol. The molecule has 2 heterocycles. The van der Waals surface area contributed by atoms with Crippen molar-refractivity contribution in [2.24, 2.45) is 5.92 Å². The molecule has 1 amide bonds. The summed E-state index contributed by atoms with van der Waals surface area (Å²) < 4.78 is 15.5. The zero-order valence-corrected chi connectivity index (χ0v) is 16.3. The molecule has 156 valence electrons. The lowest BCUT2D eigenvalue weighted by Crippen LogP contribution is -2.37. The van der Waals surface area contributed by atoms with E-state index >= 15 is 0 Å². The number of aromatic nitrogens is 4. The normalized spacial score (nSPS) is 18.7. The van der Waals surface area contributed by atoms with Crippen molar-refractivity contribution in [2.45, 2.75) is 31.7 Å². The molecule has 2 aromatic heterocycles. The van der Waals surface area contributed by atoms with Crippen molar-refractivity contribution in [3.05, 3.63) is 55.0 Å². The molecule has 4 rings (SSSR count). The van der Waals surface area contributed by atoms with Crippen LogP contribution in [0.3, 0.4) is 0 Å². The molecule has 1 aliphatic rings. The molecular weight excluding hydrogens is 387 g/mol. The number of benzene rings is 1. The molecule has 1 saturated carbocycles. The summed E-state index contributed by atoms with van der Waals surface area (Å²) in [7, 11) is 0. The van der Waals surface area contributed by atoms with E-state index in [9.17, 15) is 9.18 Å². The number of hydrogen-bond acceptors (Lipinski definition) is 5. The Hall–Kier alpha value is -3.49. The Balaban J connectivity index is 1.43. The van der Waals surface area contributed by atoms with E-state index in [1.54, 1.807) is 36.8 Å². The molecule has 0 aliphatic heterocycles. The van der Waals surface area contributed by atoms with Crippen molar-refractivity contribution in [1.29, 1.82) is 0 Å². The summed E-state index contributed by atoms with van der Waals surface area (Å²) >= 11 is 0. The molecular formula is C21H23FN6O2. The zero-order chi connectivity index (χ0) is 20.9. The molecule has 30 heavy (non-hydrogen) atoms. The van der Waals surface area contributed by atoms with Crippen molar-refractivity contribution in [3.63, 3.8) is 0 Å². The van der Waals surface area contributed by atoms with Gasteiger partial charge in [-0.15, -0.1) is 0 Å². The van der Waals surface area contributed by atoms with Crippen molar-refractivity contribution >= 4 is 11.8 Å². The molecule has 0 spiro atoms. The fourth-order valence-electron chi connectivity index (χ4n) is 3.84. The molecule has 1 fully saturated rings. The van der Waals surface area contributed by atoms with Gasteiger partial charge in [-0.25, -0.2) is 23.8 Å². The Morgan fingerprint density at radius 3 is 2.77 bits per heavy atom. The van der Waals surface area contributed by atoms with Gasteiger partial charge in [-0.05, 0) is 43.7 Å². The second-order valence-corrected chi connectivity index (χ2v) is 7.46. The highest BCUT2D eigenvalue weighted by atomic mass is 19.1. The van der Waals surface area contributed by atoms with E-state index in [0.717, 1.165) is 43.5 Å². The maximum atomic E-state index is 14.1. The molecule has 3 N–H and O–H groups in total. The van der Waals surface area contributed by atoms with Gasteiger partial charge in [0, 0.05) is 24.3 Å². The lowest BCUT2D eigenvalue weighted by atomic mass is 9.86. The second-order valence-electron chi connectivity index (χ2n) is 7.46. The Morgan fingerprint density at radius 1 is 1.20 bits per heavy atom. The molecule has 8 nitrogen and oxygen atoms in total. The molecule has 9 heteroatoms. The lowest BCUT2D eigenvalue weighted by Gasteiger charge is -2.28. The second kappa shape index (κ2) is 8.89. The predicted octanol–water partition coefficient (Wildman–Crippen LogP) is 3.71. The monoisotopic (exact) mass is 410 g/mol. The Morgan fingerprint density at radius 2 is 2.00 bits per heavy atom. The standard InChI is InChI=1S/C21H23FN6O2/c22-17-3-1-2-4-19(17)28-12-15(10-26-28)20-18(11-23-13-25-20)24-9-14-5-7-16(8-6-14)27-21(29)30/h1-4,10-14,16,24,27H,5-9H2,(H,29,30)/t14-,16+. The van der Waals surface area contributed by atoms with E-state index in [1.165, 1.54) is 17.1 Å². The number of amides is 1. The maximum Gasteiger partial charge on any atom is 0.404 e. The average Bonchev–Trinajstić information content (AvgIpc) is 3.23. The van der Waals surface area contributed by atoms with Gasteiger partial charge in [-0.3, -0.25) is 0 Å². The molecule has 0 bridgehead atoms. The first-order valence-corrected chi connectivity index (χ1v) is 9.93. The third kappa shape index (κ3) is 4.56. The molecule has 1 aliphatic carbocycles. The van der Waals surface area contributed by atoms with Gasteiger partial charge >= 0.3 is 6.09 Å². The highest BCUT2D eigenvalue weighted by Crippen LogP contribution is 2.28. The van der Waals surface area contributed by atoms with Crippen LogP contribution < -0.4 is 10.6 Å². The summed E-state index contributed by atoms with van der Waals surface area (Å²) in [5.41, 5.74) is 2.63. The minimum Gasteiger partial charge on any atom is -0.465 e. The van der Waals surface area contributed by atoms with Crippen LogP contribution in [0.15, 0.2) is 49.2 Å². The van der Waals surface area contributed by atoms with Crippen LogP contribution in [0.5, 0.6) is 0 Å². The minimum absolute atomic E-state index is 0.0404. The molecule has 3 aromatic rings. The van der Waals surface area contributed by atoms with Crippen molar-refractivity contribution in [2.75, 3.05) is 11.9 Å². The van der Waals surface area contributed by atoms with E-state index in [4.69, 9.17) is 5.11 Å². The van der Waals surface area contributed by atoms with Crippen LogP contribution in [0, 0.1) is 11.7 Å². The number of halogens is 1. The van der Waals surface area contributed by atoms with E-state index in [2.05, 4.69) is 25.7 Å². The third-order valence-corrected chi connectivity index (χ3v) is 5.42. The van der Waals surface area contributed by atoms with Gasteiger partial charge < -0.3 is 15.7 Å².